The molecule has 0 amide bonds. The predicted molar refractivity (Wildman–Crippen MR) is 76.9 cm³/mol. The summed E-state index contributed by atoms with van der Waals surface area (Å²) in [6.45, 7) is 2.01. The molecule has 0 saturated heterocycles. The van der Waals surface area contributed by atoms with Gasteiger partial charge in [-0.15, -0.1) is 0 Å². The first-order valence-electron chi connectivity index (χ1n) is 6.81. The number of hydrogen-bond acceptors (Lipinski definition) is 1. The van der Waals surface area contributed by atoms with E-state index in [4.69, 9.17) is 11.6 Å². The molecule has 98 valence electrons. The normalized spacial score (nSPS) is 21.6. The van der Waals surface area contributed by atoms with Gasteiger partial charge < -0.3 is 5.11 Å². The molecule has 0 aromatic heterocycles. The highest BCUT2D eigenvalue weighted by atomic mass is 35.5. The highest BCUT2D eigenvalue weighted by Gasteiger charge is 2.16. The molecule has 1 nitrogen and oxygen atoms in total. The van der Waals surface area contributed by atoms with Gasteiger partial charge in [0.05, 0.1) is 0 Å². The third kappa shape index (κ3) is 3.37. The van der Waals surface area contributed by atoms with E-state index in [2.05, 4.69) is 6.08 Å². The number of halogens is 1. The number of hydrogen-bond donors (Lipinski definition) is 1. The van der Waals surface area contributed by atoms with Crippen LogP contribution in [0.15, 0.2) is 29.8 Å². The average molecular weight is 265 g/mol. The predicted octanol–water partition coefficient (Wildman–Crippen LogP) is 4.96. The van der Waals surface area contributed by atoms with Gasteiger partial charge in [0.2, 0.25) is 0 Å². The lowest BCUT2D eigenvalue weighted by Crippen LogP contribution is -2.04. The largest absolute Gasteiger partial charge is 0.384 e. The number of aliphatic hydroxyl groups is 1. The van der Waals surface area contributed by atoms with Crippen LogP contribution in [-0.2, 0) is 0 Å². The average Bonchev–Trinajstić information content (AvgIpc) is 2.27. The van der Waals surface area contributed by atoms with Gasteiger partial charge in [0.15, 0.2) is 0 Å². The molecule has 0 bridgehead atoms. The van der Waals surface area contributed by atoms with Crippen molar-refractivity contribution in [2.24, 2.45) is 0 Å². The Labute approximate surface area is 114 Å². The highest BCUT2D eigenvalue weighted by Crippen LogP contribution is 2.32. The fourth-order valence-corrected chi connectivity index (χ4v) is 2.86. The molecule has 0 spiro atoms. The van der Waals surface area contributed by atoms with Crippen LogP contribution in [0.4, 0.5) is 0 Å². The minimum Gasteiger partial charge on any atom is -0.384 e. The molecule has 0 aliphatic heterocycles. The zero-order valence-electron chi connectivity index (χ0n) is 11.0. The molecule has 1 N–H and O–H groups in total. The summed E-state index contributed by atoms with van der Waals surface area (Å²) in [7, 11) is 0. The fourth-order valence-electron chi connectivity index (χ4n) is 2.52. The van der Waals surface area contributed by atoms with Gasteiger partial charge in [-0.3, -0.25) is 0 Å². The molecule has 0 fully saturated rings. The SMILES string of the molecule is Cc1ccc(C(O)/C2=C/CCCCCC2)c(Cl)c1. The molecule has 1 aromatic carbocycles. The van der Waals surface area contributed by atoms with Crippen LogP contribution < -0.4 is 0 Å². The first-order chi connectivity index (χ1) is 8.68. The molecule has 1 atom stereocenters. The second-order valence-electron chi connectivity index (χ2n) is 5.16. The van der Waals surface area contributed by atoms with Crippen LogP contribution in [0.2, 0.25) is 5.02 Å². The third-order valence-electron chi connectivity index (χ3n) is 3.63. The molecule has 1 aliphatic carbocycles. The topological polar surface area (TPSA) is 20.2 Å². The molecule has 2 heteroatoms. The summed E-state index contributed by atoms with van der Waals surface area (Å²) in [5.41, 5.74) is 3.11. The molecular weight excluding hydrogens is 244 g/mol. The molecule has 0 heterocycles. The molecule has 1 aliphatic rings. The number of rotatable bonds is 2. The monoisotopic (exact) mass is 264 g/mol. The summed E-state index contributed by atoms with van der Waals surface area (Å²) >= 11 is 6.23. The standard InChI is InChI=1S/C16H21ClO/c1-12-9-10-14(15(17)11-12)16(18)13-7-5-3-2-4-6-8-13/h7,9-11,16,18H,2-6,8H2,1H3/b13-7+. The zero-order valence-corrected chi connectivity index (χ0v) is 11.7. The van der Waals surface area contributed by atoms with Gasteiger partial charge in [-0.1, -0.05) is 42.7 Å². The van der Waals surface area contributed by atoms with Crippen molar-refractivity contribution in [2.45, 2.75) is 51.6 Å². The maximum absolute atomic E-state index is 10.5. The van der Waals surface area contributed by atoms with Crippen molar-refractivity contribution in [2.75, 3.05) is 0 Å². The van der Waals surface area contributed by atoms with E-state index in [0.717, 1.165) is 29.5 Å². The smallest absolute Gasteiger partial charge is 0.101 e. The van der Waals surface area contributed by atoms with Crippen LogP contribution in [0.1, 0.15) is 55.8 Å². The summed E-state index contributed by atoms with van der Waals surface area (Å²) in [5, 5.41) is 11.2. The van der Waals surface area contributed by atoms with Crippen LogP contribution in [-0.4, -0.2) is 5.11 Å². The summed E-state index contributed by atoms with van der Waals surface area (Å²) in [5.74, 6) is 0. The Morgan fingerprint density at radius 2 is 1.94 bits per heavy atom. The lowest BCUT2D eigenvalue weighted by atomic mass is 9.92. The Morgan fingerprint density at radius 3 is 2.72 bits per heavy atom. The number of benzene rings is 1. The molecule has 1 unspecified atom stereocenters. The van der Waals surface area contributed by atoms with E-state index in [0.29, 0.717) is 5.02 Å². The van der Waals surface area contributed by atoms with Crippen LogP contribution in [0.3, 0.4) is 0 Å². The number of aliphatic hydroxyl groups excluding tert-OH is 1. The number of allylic oxidation sites excluding steroid dienone is 1. The second-order valence-corrected chi connectivity index (χ2v) is 5.57. The van der Waals surface area contributed by atoms with Gasteiger partial charge in [-0.25, -0.2) is 0 Å². The lowest BCUT2D eigenvalue weighted by Gasteiger charge is -2.19. The first kappa shape index (κ1) is 13.6. The molecule has 0 saturated carbocycles. The van der Waals surface area contributed by atoms with Gasteiger partial charge in [0.1, 0.15) is 6.10 Å². The van der Waals surface area contributed by atoms with Crippen molar-refractivity contribution < 1.29 is 5.11 Å². The number of aryl methyl sites for hydroxylation is 1. The van der Waals surface area contributed by atoms with Crippen molar-refractivity contribution >= 4 is 11.6 Å². The van der Waals surface area contributed by atoms with E-state index in [9.17, 15) is 5.11 Å². The Morgan fingerprint density at radius 1 is 1.17 bits per heavy atom. The van der Waals surface area contributed by atoms with E-state index in [1.807, 2.05) is 25.1 Å². The van der Waals surface area contributed by atoms with E-state index >= 15 is 0 Å². The van der Waals surface area contributed by atoms with E-state index in [-0.39, 0.29) is 0 Å². The van der Waals surface area contributed by atoms with Crippen molar-refractivity contribution in [1.82, 2.24) is 0 Å². The molecule has 2 rings (SSSR count). The summed E-state index contributed by atoms with van der Waals surface area (Å²) in [4.78, 5) is 0. The quantitative estimate of drug-likeness (QED) is 0.749. The van der Waals surface area contributed by atoms with Crippen LogP contribution in [0.25, 0.3) is 0 Å². The van der Waals surface area contributed by atoms with Crippen LogP contribution in [0, 0.1) is 6.92 Å². The maximum atomic E-state index is 10.5. The first-order valence-corrected chi connectivity index (χ1v) is 7.19. The minimum absolute atomic E-state index is 0.531. The van der Waals surface area contributed by atoms with Gasteiger partial charge in [0.25, 0.3) is 0 Å². The van der Waals surface area contributed by atoms with Gasteiger partial charge in [-0.05, 0) is 49.8 Å². The summed E-state index contributed by atoms with van der Waals surface area (Å²) in [6, 6.07) is 5.87. The molecular formula is C16H21ClO. The van der Waals surface area contributed by atoms with E-state index in [1.54, 1.807) is 0 Å². The van der Waals surface area contributed by atoms with Gasteiger partial charge in [0, 0.05) is 10.6 Å². The zero-order chi connectivity index (χ0) is 13.0. The van der Waals surface area contributed by atoms with E-state index in [1.165, 1.54) is 25.7 Å². The van der Waals surface area contributed by atoms with Crippen molar-refractivity contribution in [3.05, 3.63) is 46.0 Å². The van der Waals surface area contributed by atoms with Crippen molar-refractivity contribution in [3.63, 3.8) is 0 Å². The third-order valence-corrected chi connectivity index (χ3v) is 3.96. The highest BCUT2D eigenvalue weighted by molar-refractivity contribution is 6.31. The maximum Gasteiger partial charge on any atom is 0.101 e. The molecule has 1 aromatic rings. The molecule has 0 radical (unpaired) electrons. The van der Waals surface area contributed by atoms with Crippen LogP contribution in [0.5, 0.6) is 0 Å². The van der Waals surface area contributed by atoms with Crippen LogP contribution >= 0.6 is 11.6 Å². The molecule has 18 heavy (non-hydrogen) atoms. The second kappa shape index (κ2) is 6.40. The Balaban J connectivity index is 2.20. The Kier molecular flexibility index (Phi) is 4.85. The van der Waals surface area contributed by atoms with Gasteiger partial charge >= 0.3 is 0 Å². The Hall–Kier alpha value is -0.790. The minimum atomic E-state index is -0.531. The lowest BCUT2D eigenvalue weighted by molar-refractivity contribution is 0.209. The Bertz CT molecular complexity index is 437. The van der Waals surface area contributed by atoms with Gasteiger partial charge in [-0.2, -0.15) is 0 Å². The summed E-state index contributed by atoms with van der Waals surface area (Å²) in [6.07, 6.45) is 8.73. The van der Waals surface area contributed by atoms with E-state index < -0.39 is 6.10 Å². The van der Waals surface area contributed by atoms with Crippen molar-refractivity contribution in [3.8, 4) is 0 Å². The summed E-state index contributed by atoms with van der Waals surface area (Å²) < 4.78 is 0. The van der Waals surface area contributed by atoms with Crippen molar-refractivity contribution in [1.29, 1.82) is 0 Å². The fraction of sp³-hybridized carbons (Fsp3) is 0.500.